The molecular weight excluding hydrogens is 344 g/mol. The molecule has 0 fully saturated rings. The molecule has 27 heavy (non-hydrogen) atoms. The summed E-state index contributed by atoms with van der Waals surface area (Å²) < 4.78 is 11.4. The summed E-state index contributed by atoms with van der Waals surface area (Å²) in [4.78, 5) is 26.5. The monoisotopic (exact) mass is 368 g/mol. The van der Waals surface area contributed by atoms with E-state index in [0.29, 0.717) is 22.9 Å². The normalized spacial score (nSPS) is 16.9. The summed E-state index contributed by atoms with van der Waals surface area (Å²) in [5.74, 6) is 0.774. The van der Waals surface area contributed by atoms with Gasteiger partial charge in [0, 0.05) is 11.8 Å². The number of para-hydroxylation sites is 2. The minimum Gasteiger partial charge on any atom is -0.491 e. The lowest BCUT2D eigenvalue weighted by Gasteiger charge is -2.32. The maximum absolute atomic E-state index is 12.5. The van der Waals surface area contributed by atoms with Gasteiger partial charge in [-0.05, 0) is 44.5 Å². The Morgan fingerprint density at radius 1 is 1.26 bits per heavy atom. The van der Waals surface area contributed by atoms with Crippen LogP contribution in [0.5, 0.6) is 11.5 Å². The third kappa shape index (κ3) is 4.39. The van der Waals surface area contributed by atoms with Crippen LogP contribution in [0.25, 0.3) is 0 Å². The van der Waals surface area contributed by atoms with Crippen molar-refractivity contribution in [1.29, 1.82) is 0 Å². The van der Waals surface area contributed by atoms with Crippen molar-refractivity contribution >= 4 is 23.2 Å². The number of carbonyl (C=O) groups excluding carboxylic acids is 2. The highest BCUT2D eigenvalue weighted by atomic mass is 16.5. The molecule has 3 rings (SSSR count). The largest absolute Gasteiger partial charge is 0.491 e. The van der Waals surface area contributed by atoms with Gasteiger partial charge in [0.15, 0.2) is 6.10 Å². The minimum absolute atomic E-state index is 0.0833. The lowest BCUT2D eigenvalue weighted by molar-refractivity contribution is -0.127. The summed E-state index contributed by atoms with van der Waals surface area (Å²) in [6, 6.07) is 14.5. The lowest BCUT2D eigenvalue weighted by atomic mass is 10.2. The molecule has 6 nitrogen and oxygen atoms in total. The summed E-state index contributed by atoms with van der Waals surface area (Å²) in [5, 5.41) is 2.83. The Hall–Kier alpha value is -3.02. The molecule has 6 heteroatoms. The maximum atomic E-state index is 12.5. The molecule has 0 aliphatic carbocycles. The quantitative estimate of drug-likeness (QED) is 0.846. The van der Waals surface area contributed by atoms with Crippen LogP contribution in [0, 0.1) is 0 Å². The first-order chi connectivity index (χ1) is 13.0. The summed E-state index contributed by atoms with van der Waals surface area (Å²) >= 11 is 0. The molecule has 0 saturated carbocycles. The van der Waals surface area contributed by atoms with E-state index in [-0.39, 0.29) is 24.5 Å². The molecule has 2 aromatic carbocycles. The number of nitrogens with zero attached hydrogens (tertiary/aromatic N) is 1. The molecule has 2 amide bonds. The van der Waals surface area contributed by atoms with Crippen molar-refractivity contribution in [3.8, 4) is 11.5 Å². The Morgan fingerprint density at radius 2 is 2.04 bits per heavy atom. The number of benzene rings is 2. The van der Waals surface area contributed by atoms with E-state index >= 15 is 0 Å². The number of rotatable bonds is 6. The van der Waals surface area contributed by atoms with Crippen LogP contribution in [0.4, 0.5) is 11.4 Å². The second kappa shape index (κ2) is 8.12. The molecule has 0 spiro atoms. The number of anilines is 2. The fourth-order valence-electron chi connectivity index (χ4n) is 2.83. The zero-order valence-electron chi connectivity index (χ0n) is 15.8. The van der Waals surface area contributed by atoms with Gasteiger partial charge in [-0.3, -0.25) is 14.5 Å². The Morgan fingerprint density at radius 3 is 2.81 bits per heavy atom. The average Bonchev–Trinajstić information content (AvgIpc) is 2.65. The second-order valence-electron chi connectivity index (χ2n) is 6.56. The van der Waals surface area contributed by atoms with E-state index in [2.05, 4.69) is 12.2 Å². The molecule has 1 aliphatic rings. The SMILES string of the molecule is CC[C@@H](C)Oc1cccc(NC(=O)CN2C(=O)[C@@H](C)Oc3ccccc32)c1. The van der Waals surface area contributed by atoms with Crippen LogP contribution < -0.4 is 19.7 Å². The highest BCUT2D eigenvalue weighted by Gasteiger charge is 2.32. The number of hydrogen-bond acceptors (Lipinski definition) is 4. The topological polar surface area (TPSA) is 67.9 Å². The third-order valence-electron chi connectivity index (χ3n) is 4.41. The molecule has 1 heterocycles. The van der Waals surface area contributed by atoms with Gasteiger partial charge in [-0.2, -0.15) is 0 Å². The van der Waals surface area contributed by atoms with Crippen LogP contribution in [0.3, 0.4) is 0 Å². The Bertz CT molecular complexity index is 836. The second-order valence-corrected chi connectivity index (χ2v) is 6.56. The number of carbonyl (C=O) groups is 2. The lowest BCUT2D eigenvalue weighted by Crippen LogP contribution is -2.47. The van der Waals surface area contributed by atoms with Crippen molar-refractivity contribution in [3.63, 3.8) is 0 Å². The summed E-state index contributed by atoms with van der Waals surface area (Å²) in [6.07, 6.45) is 0.368. The van der Waals surface area contributed by atoms with Gasteiger partial charge in [0.05, 0.1) is 11.8 Å². The van der Waals surface area contributed by atoms with Crippen molar-refractivity contribution in [3.05, 3.63) is 48.5 Å². The van der Waals surface area contributed by atoms with Crippen LogP contribution in [0.1, 0.15) is 27.2 Å². The van der Waals surface area contributed by atoms with E-state index in [1.165, 1.54) is 4.90 Å². The van der Waals surface area contributed by atoms with Gasteiger partial charge in [0.25, 0.3) is 5.91 Å². The van der Waals surface area contributed by atoms with Crippen LogP contribution in [-0.4, -0.2) is 30.6 Å². The molecule has 1 aliphatic heterocycles. The van der Waals surface area contributed by atoms with Crippen LogP contribution in [0.15, 0.2) is 48.5 Å². The summed E-state index contributed by atoms with van der Waals surface area (Å²) in [5.41, 5.74) is 1.23. The zero-order valence-corrected chi connectivity index (χ0v) is 15.8. The van der Waals surface area contributed by atoms with Crippen molar-refractivity contribution < 1.29 is 19.1 Å². The van der Waals surface area contributed by atoms with Gasteiger partial charge in [0.2, 0.25) is 5.91 Å². The molecule has 0 saturated heterocycles. The summed E-state index contributed by atoms with van der Waals surface area (Å²) in [6.45, 7) is 5.64. The maximum Gasteiger partial charge on any atom is 0.268 e. The van der Waals surface area contributed by atoms with E-state index in [4.69, 9.17) is 9.47 Å². The van der Waals surface area contributed by atoms with Crippen molar-refractivity contribution in [1.82, 2.24) is 0 Å². The molecular formula is C21H24N2O4. The fourth-order valence-corrected chi connectivity index (χ4v) is 2.83. The molecule has 142 valence electrons. The Kier molecular flexibility index (Phi) is 5.64. The van der Waals surface area contributed by atoms with Gasteiger partial charge in [-0.1, -0.05) is 25.1 Å². The molecule has 1 N–H and O–H groups in total. The minimum atomic E-state index is -0.625. The number of nitrogens with one attached hydrogen (secondary N) is 1. The van der Waals surface area contributed by atoms with Crippen LogP contribution >= 0.6 is 0 Å². The Balaban J connectivity index is 1.71. The highest BCUT2D eigenvalue weighted by molar-refractivity contribution is 6.06. The molecule has 0 bridgehead atoms. The molecule has 0 unspecified atom stereocenters. The Labute approximate surface area is 159 Å². The van der Waals surface area contributed by atoms with Crippen molar-refractivity contribution in [2.45, 2.75) is 39.4 Å². The number of hydrogen-bond donors (Lipinski definition) is 1. The van der Waals surface area contributed by atoms with Gasteiger partial charge < -0.3 is 14.8 Å². The first-order valence-corrected chi connectivity index (χ1v) is 9.11. The molecule has 0 radical (unpaired) electrons. The van der Waals surface area contributed by atoms with E-state index in [1.54, 1.807) is 31.2 Å². The standard InChI is InChI=1S/C21H24N2O4/c1-4-14(2)26-17-9-7-8-16(12-17)22-20(24)13-23-18-10-5-6-11-19(18)27-15(3)21(23)25/h5-12,14-15H,4,13H2,1-3H3,(H,22,24)/t14-,15-/m1/s1. The van der Waals surface area contributed by atoms with E-state index in [9.17, 15) is 9.59 Å². The molecule has 2 aromatic rings. The van der Waals surface area contributed by atoms with Gasteiger partial charge >= 0.3 is 0 Å². The van der Waals surface area contributed by atoms with Gasteiger partial charge in [-0.15, -0.1) is 0 Å². The first-order valence-electron chi connectivity index (χ1n) is 9.11. The smallest absolute Gasteiger partial charge is 0.268 e. The fraction of sp³-hybridized carbons (Fsp3) is 0.333. The van der Waals surface area contributed by atoms with E-state index in [1.807, 2.05) is 31.2 Å². The third-order valence-corrected chi connectivity index (χ3v) is 4.41. The first kappa shape index (κ1) is 18.8. The van der Waals surface area contributed by atoms with Crippen molar-refractivity contribution in [2.75, 3.05) is 16.8 Å². The summed E-state index contributed by atoms with van der Waals surface area (Å²) in [7, 11) is 0. The van der Waals surface area contributed by atoms with E-state index in [0.717, 1.165) is 6.42 Å². The van der Waals surface area contributed by atoms with Crippen LogP contribution in [0.2, 0.25) is 0 Å². The van der Waals surface area contributed by atoms with Crippen molar-refractivity contribution in [2.24, 2.45) is 0 Å². The predicted octanol–water partition coefficient (Wildman–Crippen LogP) is 3.62. The molecule has 0 aromatic heterocycles. The van der Waals surface area contributed by atoms with E-state index < -0.39 is 6.10 Å². The van der Waals surface area contributed by atoms with Crippen LogP contribution in [-0.2, 0) is 9.59 Å². The zero-order chi connectivity index (χ0) is 19.4. The number of fused-ring (bicyclic) bond motifs is 1. The predicted molar refractivity (Wildman–Crippen MR) is 104 cm³/mol. The number of amides is 2. The van der Waals surface area contributed by atoms with Gasteiger partial charge in [0.1, 0.15) is 18.0 Å². The van der Waals surface area contributed by atoms with Gasteiger partial charge in [-0.25, -0.2) is 0 Å². The molecule has 2 atom stereocenters. The number of ether oxygens (including phenoxy) is 2. The highest BCUT2D eigenvalue weighted by Crippen LogP contribution is 2.33. The average molecular weight is 368 g/mol.